The average molecular weight is 642 g/mol. The van der Waals surface area contributed by atoms with E-state index in [2.05, 4.69) is 35.9 Å². The predicted molar refractivity (Wildman–Crippen MR) is 171 cm³/mol. The number of halogens is 3. The van der Waals surface area contributed by atoms with Crippen LogP contribution in [0.1, 0.15) is 57.5 Å². The minimum atomic E-state index is -0.369. The Morgan fingerprint density at radius 3 is 1.63 bits per heavy atom. The summed E-state index contributed by atoms with van der Waals surface area (Å²) in [5, 5.41) is 9.42. The van der Waals surface area contributed by atoms with Crippen LogP contribution in [-0.4, -0.2) is 43.8 Å². The van der Waals surface area contributed by atoms with Crippen molar-refractivity contribution in [2.24, 2.45) is 5.73 Å². The standard InChI is InChI=1S/C15H15ClN4O.C12H9Cl2N3O.C3H7N/c1-9-6-8-17-13(16)12(9)20-15(21)11-3-2-7-18-14(11)19-10-4-5-10;1-7-4-6-16-11(14)9(7)17-12(18)8-3-2-5-15-10(8)13;4-3-1-2-3/h2-3,6-8,10H,4-5H2,1H3,(H,18,19)(H,20,21);2-6H,1H3,(H,17,18);3H,1-2,4H2. The van der Waals surface area contributed by atoms with Crippen molar-refractivity contribution in [1.29, 1.82) is 0 Å². The number of hydrogen-bond acceptors (Lipinski definition) is 8. The number of carbonyl (C=O) groups excluding carboxylic acids is 2. The lowest BCUT2D eigenvalue weighted by Gasteiger charge is -2.12. The van der Waals surface area contributed by atoms with Gasteiger partial charge in [-0.05, 0) is 87.1 Å². The quantitative estimate of drug-likeness (QED) is 0.170. The first-order valence-corrected chi connectivity index (χ1v) is 14.7. The smallest absolute Gasteiger partial charge is 0.259 e. The van der Waals surface area contributed by atoms with Crippen LogP contribution in [0.4, 0.5) is 17.2 Å². The Labute approximate surface area is 264 Å². The van der Waals surface area contributed by atoms with Crippen molar-refractivity contribution in [3.8, 4) is 0 Å². The Balaban J connectivity index is 0.000000176. The van der Waals surface area contributed by atoms with Gasteiger partial charge in [0.2, 0.25) is 0 Å². The normalized spacial score (nSPS) is 13.4. The first-order chi connectivity index (χ1) is 20.6. The lowest BCUT2D eigenvalue weighted by atomic mass is 10.2. The predicted octanol–water partition coefficient (Wildman–Crippen LogP) is 6.72. The van der Waals surface area contributed by atoms with E-state index in [0.717, 1.165) is 24.0 Å². The topological polar surface area (TPSA) is 148 Å². The number of hydrogen-bond donors (Lipinski definition) is 4. The van der Waals surface area contributed by atoms with Crippen LogP contribution in [0.25, 0.3) is 0 Å². The molecule has 2 aliphatic carbocycles. The van der Waals surface area contributed by atoms with Crippen LogP contribution in [0.3, 0.4) is 0 Å². The van der Waals surface area contributed by atoms with Crippen molar-refractivity contribution in [2.45, 2.75) is 51.6 Å². The maximum absolute atomic E-state index is 12.5. The molecule has 0 bridgehead atoms. The van der Waals surface area contributed by atoms with Gasteiger partial charge in [0.05, 0.1) is 22.5 Å². The third-order valence-electron chi connectivity index (χ3n) is 6.30. The molecule has 0 atom stereocenters. The van der Waals surface area contributed by atoms with Gasteiger partial charge in [-0.15, -0.1) is 0 Å². The highest BCUT2D eigenvalue weighted by Gasteiger charge is 2.24. The Hall–Kier alpha value is -3.83. The van der Waals surface area contributed by atoms with Crippen molar-refractivity contribution >= 4 is 63.8 Å². The molecule has 0 unspecified atom stereocenters. The molecule has 0 saturated heterocycles. The fourth-order valence-electron chi connectivity index (χ4n) is 3.49. The van der Waals surface area contributed by atoms with E-state index in [1.165, 1.54) is 19.0 Å². The third kappa shape index (κ3) is 9.59. The molecule has 5 N–H and O–H groups in total. The van der Waals surface area contributed by atoms with Crippen LogP contribution in [-0.2, 0) is 0 Å². The fourth-order valence-corrected chi connectivity index (χ4v) is 4.20. The maximum Gasteiger partial charge on any atom is 0.259 e. The second-order valence-corrected chi connectivity index (χ2v) is 11.1. The zero-order valence-corrected chi connectivity index (χ0v) is 25.8. The first-order valence-electron chi connectivity index (χ1n) is 13.6. The minimum absolute atomic E-state index is 0.146. The number of nitrogens with one attached hydrogen (secondary N) is 3. The van der Waals surface area contributed by atoms with E-state index in [-0.39, 0.29) is 27.3 Å². The van der Waals surface area contributed by atoms with E-state index < -0.39 is 0 Å². The lowest BCUT2D eigenvalue weighted by molar-refractivity contribution is 0.101. The van der Waals surface area contributed by atoms with Crippen LogP contribution in [0, 0.1) is 13.8 Å². The largest absolute Gasteiger partial charge is 0.367 e. The minimum Gasteiger partial charge on any atom is -0.367 e. The van der Waals surface area contributed by atoms with Gasteiger partial charge in [-0.1, -0.05) is 34.8 Å². The van der Waals surface area contributed by atoms with Crippen LogP contribution in [0.15, 0.2) is 61.2 Å². The van der Waals surface area contributed by atoms with Crippen LogP contribution >= 0.6 is 34.8 Å². The van der Waals surface area contributed by atoms with Crippen molar-refractivity contribution in [3.05, 3.63) is 98.9 Å². The number of aromatic nitrogens is 4. The van der Waals surface area contributed by atoms with E-state index in [1.54, 1.807) is 55.0 Å². The Morgan fingerprint density at radius 1 is 0.698 bits per heavy atom. The number of rotatable bonds is 6. The summed E-state index contributed by atoms with van der Waals surface area (Å²) in [5.41, 5.74) is 8.71. The van der Waals surface area contributed by atoms with Gasteiger partial charge in [0.1, 0.15) is 11.0 Å². The van der Waals surface area contributed by atoms with E-state index in [4.69, 9.17) is 40.5 Å². The number of nitrogens with zero attached hydrogens (tertiary/aromatic N) is 4. The monoisotopic (exact) mass is 640 g/mol. The molecular weight excluding hydrogens is 611 g/mol. The highest BCUT2D eigenvalue weighted by Crippen LogP contribution is 2.28. The Bertz CT molecular complexity index is 1560. The van der Waals surface area contributed by atoms with Gasteiger partial charge >= 0.3 is 0 Å². The van der Waals surface area contributed by atoms with E-state index in [1.807, 2.05) is 13.8 Å². The van der Waals surface area contributed by atoms with E-state index in [0.29, 0.717) is 40.4 Å². The van der Waals surface area contributed by atoms with Gasteiger partial charge in [0.15, 0.2) is 10.3 Å². The first kappa shape index (κ1) is 32.1. The molecule has 13 heteroatoms. The number of pyridine rings is 4. The van der Waals surface area contributed by atoms with Gasteiger partial charge in [-0.2, -0.15) is 0 Å². The molecule has 2 saturated carbocycles. The highest BCUT2D eigenvalue weighted by atomic mass is 35.5. The fraction of sp³-hybridized carbons (Fsp3) is 0.267. The molecule has 2 fully saturated rings. The molecular formula is C30H31Cl3N8O2. The summed E-state index contributed by atoms with van der Waals surface area (Å²) in [6.45, 7) is 3.70. The van der Waals surface area contributed by atoms with Gasteiger partial charge < -0.3 is 21.7 Å². The van der Waals surface area contributed by atoms with Crippen LogP contribution in [0.5, 0.6) is 0 Å². The number of carbonyl (C=O) groups is 2. The summed E-state index contributed by atoms with van der Waals surface area (Å²) in [7, 11) is 0. The van der Waals surface area contributed by atoms with Gasteiger partial charge in [-0.3, -0.25) is 9.59 Å². The molecule has 6 rings (SSSR count). The van der Waals surface area contributed by atoms with Gasteiger partial charge in [0.25, 0.3) is 11.8 Å². The van der Waals surface area contributed by atoms with E-state index in [9.17, 15) is 9.59 Å². The highest BCUT2D eigenvalue weighted by molar-refractivity contribution is 6.35. The zero-order chi connectivity index (χ0) is 30.9. The van der Waals surface area contributed by atoms with Crippen molar-refractivity contribution in [3.63, 3.8) is 0 Å². The lowest BCUT2D eigenvalue weighted by Crippen LogP contribution is -2.17. The average Bonchev–Trinajstić information content (AvgIpc) is 3.93. The molecule has 0 radical (unpaired) electrons. The molecule has 4 aromatic rings. The Morgan fingerprint density at radius 2 is 1.16 bits per heavy atom. The summed E-state index contributed by atoms with van der Waals surface area (Å²) >= 11 is 17.8. The molecule has 0 aromatic carbocycles. The molecule has 2 amide bonds. The second kappa shape index (κ2) is 15.1. The van der Waals surface area contributed by atoms with Crippen LogP contribution in [0.2, 0.25) is 15.5 Å². The van der Waals surface area contributed by atoms with Crippen molar-refractivity contribution < 1.29 is 9.59 Å². The van der Waals surface area contributed by atoms with Crippen LogP contribution < -0.4 is 21.7 Å². The van der Waals surface area contributed by atoms with Crippen molar-refractivity contribution in [1.82, 2.24) is 19.9 Å². The summed E-state index contributed by atoms with van der Waals surface area (Å²) in [5.74, 6) is -0.00878. The number of anilines is 3. The second-order valence-electron chi connectivity index (χ2n) is 9.99. The molecule has 4 heterocycles. The molecule has 224 valence electrons. The zero-order valence-electron chi connectivity index (χ0n) is 23.6. The van der Waals surface area contributed by atoms with Crippen molar-refractivity contribution in [2.75, 3.05) is 16.0 Å². The molecule has 10 nitrogen and oxygen atoms in total. The molecule has 2 aliphatic rings. The maximum atomic E-state index is 12.5. The summed E-state index contributed by atoms with van der Waals surface area (Å²) < 4.78 is 0. The number of aryl methyl sites for hydroxylation is 2. The van der Waals surface area contributed by atoms with Gasteiger partial charge in [0, 0.05) is 36.9 Å². The van der Waals surface area contributed by atoms with Gasteiger partial charge in [-0.25, -0.2) is 19.9 Å². The summed E-state index contributed by atoms with van der Waals surface area (Å²) in [4.78, 5) is 40.5. The Kier molecular flexibility index (Phi) is 11.2. The molecule has 43 heavy (non-hydrogen) atoms. The SMILES string of the molecule is Cc1ccnc(Cl)c1NC(=O)c1cccnc1Cl.Cc1ccnc(Cl)c1NC(=O)c1cccnc1NC1CC1.NC1CC1. The third-order valence-corrected chi connectivity index (χ3v) is 7.17. The molecule has 4 aromatic heterocycles. The number of nitrogens with two attached hydrogens (primary N) is 1. The van der Waals surface area contributed by atoms with E-state index >= 15 is 0 Å². The summed E-state index contributed by atoms with van der Waals surface area (Å²) in [6, 6.07) is 11.3. The molecule has 0 aliphatic heterocycles. The molecule has 0 spiro atoms. The summed E-state index contributed by atoms with van der Waals surface area (Å²) in [6.07, 6.45) is 11.1. The number of amides is 2.